The minimum atomic E-state index is -2.50. The van der Waals surface area contributed by atoms with Gasteiger partial charge in [-0.2, -0.15) is 10.2 Å². The first-order valence-electron chi connectivity index (χ1n) is 13.0. The van der Waals surface area contributed by atoms with Crippen LogP contribution in [0.25, 0.3) is 22.2 Å². The molecule has 4 heterocycles. The summed E-state index contributed by atoms with van der Waals surface area (Å²) in [6.45, 7) is -0.490. The van der Waals surface area contributed by atoms with Gasteiger partial charge in [0.2, 0.25) is 5.91 Å². The normalized spacial score (nSPS) is 19.0. The molecule has 2 aliphatic rings. The van der Waals surface area contributed by atoms with Gasteiger partial charge in [0.25, 0.3) is 6.43 Å². The van der Waals surface area contributed by atoms with Crippen LogP contribution in [-0.4, -0.2) is 51.5 Å². The van der Waals surface area contributed by atoms with Crippen molar-refractivity contribution in [3.63, 3.8) is 0 Å². The molecule has 1 saturated carbocycles. The lowest BCUT2D eigenvalue weighted by molar-refractivity contribution is -0.118. The van der Waals surface area contributed by atoms with Crippen molar-refractivity contribution >= 4 is 34.1 Å². The van der Waals surface area contributed by atoms with E-state index >= 15 is 0 Å². The number of benzene rings is 2. The van der Waals surface area contributed by atoms with Crippen molar-refractivity contribution in [1.29, 1.82) is 0 Å². The summed E-state index contributed by atoms with van der Waals surface area (Å²) in [5.41, 5.74) is 4.19. The van der Waals surface area contributed by atoms with Crippen LogP contribution in [0.5, 0.6) is 11.5 Å². The summed E-state index contributed by atoms with van der Waals surface area (Å²) in [6, 6.07) is 15.2. The van der Waals surface area contributed by atoms with Crippen LogP contribution >= 0.6 is 0 Å². The van der Waals surface area contributed by atoms with Gasteiger partial charge in [-0.1, -0.05) is 6.07 Å². The van der Waals surface area contributed by atoms with Crippen molar-refractivity contribution in [1.82, 2.24) is 25.0 Å². The summed E-state index contributed by atoms with van der Waals surface area (Å²) in [7, 11) is 3.16. The minimum Gasteiger partial charge on any atom is -0.497 e. The Kier molecular flexibility index (Phi) is 5.66. The smallest absolute Gasteiger partial charge is 0.257 e. The fourth-order valence-corrected chi connectivity index (χ4v) is 5.76. The summed E-state index contributed by atoms with van der Waals surface area (Å²) in [5.74, 6) is 2.21. The van der Waals surface area contributed by atoms with Gasteiger partial charge >= 0.3 is 0 Å². The van der Waals surface area contributed by atoms with Gasteiger partial charge in [0.05, 0.1) is 37.0 Å². The molecule has 1 spiro atoms. The Bertz CT molecular complexity index is 1820. The van der Waals surface area contributed by atoms with E-state index in [-0.39, 0.29) is 11.8 Å². The number of methoxy groups -OCH3 is 2. The van der Waals surface area contributed by atoms with Crippen LogP contribution in [0.2, 0.25) is 0 Å². The van der Waals surface area contributed by atoms with Crippen LogP contribution in [0.3, 0.4) is 0 Å². The Morgan fingerprint density at radius 2 is 2.00 bits per heavy atom. The summed E-state index contributed by atoms with van der Waals surface area (Å²) in [4.78, 5) is 17.7. The van der Waals surface area contributed by atoms with E-state index in [1.807, 2.05) is 36.4 Å². The van der Waals surface area contributed by atoms with Crippen LogP contribution in [0.15, 0.2) is 60.9 Å². The fraction of sp³-hybridized carbons (Fsp3) is 0.241. The second-order valence-corrected chi connectivity index (χ2v) is 10.2. The average molecular weight is 558 g/mol. The van der Waals surface area contributed by atoms with Crippen molar-refractivity contribution < 1.29 is 23.0 Å². The molecule has 1 fully saturated rings. The van der Waals surface area contributed by atoms with E-state index in [2.05, 4.69) is 30.9 Å². The van der Waals surface area contributed by atoms with Gasteiger partial charge in [-0.15, -0.1) is 0 Å². The van der Waals surface area contributed by atoms with Crippen molar-refractivity contribution in [2.75, 3.05) is 24.9 Å². The Labute approximate surface area is 232 Å². The highest BCUT2D eigenvalue weighted by Crippen LogP contribution is 2.65. The van der Waals surface area contributed by atoms with Crippen LogP contribution in [0, 0.1) is 0 Å². The molecule has 10 nitrogen and oxygen atoms in total. The molecule has 3 N–H and O–H groups in total. The van der Waals surface area contributed by atoms with Gasteiger partial charge in [0, 0.05) is 28.8 Å². The molecule has 1 aliphatic carbocycles. The highest BCUT2D eigenvalue weighted by molar-refractivity contribution is 6.10. The molecule has 0 unspecified atom stereocenters. The molecule has 0 bridgehead atoms. The van der Waals surface area contributed by atoms with Crippen LogP contribution in [0.1, 0.15) is 23.5 Å². The number of pyridine rings is 1. The number of nitrogens with one attached hydrogen (secondary N) is 3. The fourth-order valence-electron chi connectivity index (χ4n) is 5.76. The molecule has 12 heteroatoms. The van der Waals surface area contributed by atoms with Crippen molar-refractivity contribution in [3.05, 3.63) is 72.1 Å². The number of carbonyl (C=O) groups excluding carboxylic acids is 1. The predicted octanol–water partition coefficient (Wildman–Crippen LogP) is 5.22. The Balaban J connectivity index is 1.17. The number of carbonyl (C=O) groups is 1. The molecular weight excluding hydrogens is 532 g/mol. The number of alkyl halides is 2. The van der Waals surface area contributed by atoms with Gasteiger partial charge in [0.15, 0.2) is 17.4 Å². The van der Waals surface area contributed by atoms with E-state index in [9.17, 15) is 13.6 Å². The number of nitrogens with zero attached hydrogens (tertiary/aromatic N) is 4. The maximum Gasteiger partial charge on any atom is 0.257 e. The van der Waals surface area contributed by atoms with Gasteiger partial charge < -0.3 is 20.1 Å². The molecule has 2 aromatic carbocycles. The van der Waals surface area contributed by atoms with E-state index in [1.54, 1.807) is 19.2 Å². The van der Waals surface area contributed by atoms with E-state index in [0.717, 1.165) is 33.5 Å². The van der Waals surface area contributed by atoms with Crippen molar-refractivity contribution in [3.8, 4) is 22.8 Å². The summed E-state index contributed by atoms with van der Waals surface area (Å²) in [6.07, 6.45) is 1.24. The van der Waals surface area contributed by atoms with E-state index < -0.39 is 18.4 Å². The van der Waals surface area contributed by atoms with Gasteiger partial charge in [-0.05, 0) is 60.0 Å². The molecule has 208 valence electrons. The molecule has 0 saturated heterocycles. The van der Waals surface area contributed by atoms with Crippen LogP contribution < -0.4 is 20.1 Å². The van der Waals surface area contributed by atoms with Crippen molar-refractivity contribution in [2.24, 2.45) is 0 Å². The third kappa shape index (κ3) is 4.05. The summed E-state index contributed by atoms with van der Waals surface area (Å²) >= 11 is 0. The molecule has 2 atom stereocenters. The first-order chi connectivity index (χ1) is 19.9. The van der Waals surface area contributed by atoms with E-state index in [1.165, 1.54) is 24.2 Å². The summed E-state index contributed by atoms with van der Waals surface area (Å²) < 4.78 is 37.6. The second-order valence-electron chi connectivity index (χ2n) is 10.2. The van der Waals surface area contributed by atoms with E-state index in [0.29, 0.717) is 35.1 Å². The summed E-state index contributed by atoms with van der Waals surface area (Å²) in [5, 5.41) is 18.6. The Morgan fingerprint density at radius 3 is 2.80 bits per heavy atom. The quantitative estimate of drug-likeness (QED) is 0.239. The number of hydrogen-bond acceptors (Lipinski definition) is 7. The largest absolute Gasteiger partial charge is 0.497 e. The SMILES string of the molecule is COc1ccc2c(c1)[C@]1(C[C@H]1c1ccc3c(Nc4nc(-c5cnn(CC(F)F)c5)ccc4OC)n[nH]c3c1)C(=O)N2. The average Bonchev–Trinajstić information content (AvgIpc) is 3.19. The van der Waals surface area contributed by atoms with Crippen LogP contribution in [-0.2, 0) is 16.8 Å². The zero-order valence-electron chi connectivity index (χ0n) is 22.1. The standard InChI is InChI=1S/C29H25F2N7O3/c1-40-17-4-6-22-19(10-17)29(28(39)34-22)11-20(29)15-3-5-18-23(9-15)36-37-26(18)35-27-24(41-2)8-7-21(33-27)16-12-32-38(13-16)14-25(30)31/h3-10,12-13,20,25H,11,14H2,1-2H3,(H,34,39)(H2,33,35,36,37)/t20-,29-/m0/s1. The minimum absolute atomic E-state index is 0.00983. The zero-order valence-corrected chi connectivity index (χ0v) is 22.1. The van der Waals surface area contributed by atoms with Gasteiger partial charge in [0.1, 0.15) is 12.3 Å². The number of aromatic amines is 1. The number of amides is 1. The maximum atomic E-state index is 13.1. The third-order valence-corrected chi connectivity index (χ3v) is 7.88. The second kappa shape index (κ2) is 9.29. The number of rotatable bonds is 8. The Hall–Kier alpha value is -5.00. The number of H-pyrrole nitrogens is 1. The number of hydrogen-bond donors (Lipinski definition) is 3. The van der Waals surface area contributed by atoms with Crippen molar-refractivity contribution in [2.45, 2.75) is 30.7 Å². The molecule has 0 radical (unpaired) electrons. The number of anilines is 3. The lowest BCUT2D eigenvalue weighted by atomic mass is 9.91. The van der Waals surface area contributed by atoms with Gasteiger partial charge in [-0.3, -0.25) is 14.6 Å². The molecule has 3 aromatic heterocycles. The molecule has 7 rings (SSSR count). The molecule has 41 heavy (non-hydrogen) atoms. The van der Waals surface area contributed by atoms with Crippen LogP contribution in [0.4, 0.5) is 26.1 Å². The maximum absolute atomic E-state index is 13.1. The molecule has 1 aliphatic heterocycles. The first-order valence-corrected chi connectivity index (χ1v) is 13.0. The lowest BCUT2D eigenvalue weighted by Crippen LogP contribution is -2.21. The molecule has 1 amide bonds. The monoisotopic (exact) mass is 557 g/mol. The number of halogens is 2. The molecular formula is C29H25F2N7O3. The predicted molar refractivity (Wildman–Crippen MR) is 148 cm³/mol. The van der Waals surface area contributed by atoms with E-state index in [4.69, 9.17) is 9.47 Å². The lowest BCUT2D eigenvalue weighted by Gasteiger charge is -2.11. The highest BCUT2D eigenvalue weighted by atomic mass is 19.3. The molecule has 5 aromatic rings. The highest BCUT2D eigenvalue weighted by Gasteiger charge is 2.65. The third-order valence-electron chi connectivity index (χ3n) is 7.88. The number of fused-ring (bicyclic) bond motifs is 3. The Morgan fingerprint density at radius 1 is 1.12 bits per heavy atom. The number of ether oxygens (including phenoxy) is 2. The topological polar surface area (TPSA) is 119 Å². The van der Waals surface area contributed by atoms with Gasteiger partial charge in [-0.25, -0.2) is 13.8 Å². The zero-order chi connectivity index (χ0) is 28.3. The first kappa shape index (κ1) is 25.0. The number of aromatic nitrogens is 5.